The quantitative estimate of drug-likeness (QED) is 0.474. The third-order valence-electron chi connectivity index (χ3n) is 2.58. The third-order valence-corrected chi connectivity index (χ3v) is 4.71. The summed E-state index contributed by atoms with van der Waals surface area (Å²) in [6.07, 6.45) is 0.704. The second-order valence-electron chi connectivity index (χ2n) is 4.96. The first-order valence-corrected chi connectivity index (χ1v) is 8.53. The molecule has 0 aromatic rings. The van der Waals surface area contributed by atoms with E-state index in [1.165, 1.54) is 11.4 Å². The molecule has 0 aliphatic heterocycles. The zero-order valence-electron chi connectivity index (χ0n) is 12.3. The van der Waals surface area contributed by atoms with Crippen LogP contribution < -0.4 is 5.73 Å². The number of hydrogen-bond acceptors (Lipinski definition) is 5. The summed E-state index contributed by atoms with van der Waals surface area (Å²) in [6.45, 7) is 4.59. The molecule has 2 N–H and O–H groups in total. The van der Waals surface area contributed by atoms with Gasteiger partial charge < -0.3 is 10.5 Å². The molecule has 0 saturated carbocycles. The Balaban J connectivity index is 4.58. The summed E-state index contributed by atoms with van der Waals surface area (Å²) in [5.41, 5.74) is 5.42. The number of hydrogen-bond donors (Lipinski definition) is 1. The summed E-state index contributed by atoms with van der Waals surface area (Å²) in [5.74, 6) is -0.276. The van der Waals surface area contributed by atoms with E-state index in [0.29, 0.717) is 18.0 Å². The van der Waals surface area contributed by atoms with Crippen molar-refractivity contribution in [3.8, 4) is 0 Å². The van der Waals surface area contributed by atoms with Gasteiger partial charge in [-0.25, -0.2) is 12.7 Å². The molecule has 0 unspecified atom stereocenters. The van der Waals surface area contributed by atoms with Crippen LogP contribution in [0.15, 0.2) is 0 Å². The Kier molecular flexibility index (Phi) is 8.91. The maximum absolute atomic E-state index is 12.2. The maximum atomic E-state index is 12.2. The number of carbonyl (C=O) groups is 1. The summed E-state index contributed by atoms with van der Waals surface area (Å²) in [6, 6.07) is 0. The van der Waals surface area contributed by atoms with E-state index in [0.717, 1.165) is 0 Å². The van der Waals surface area contributed by atoms with E-state index in [4.69, 9.17) is 18.0 Å². The van der Waals surface area contributed by atoms with Crippen molar-refractivity contribution in [3.63, 3.8) is 0 Å². The van der Waals surface area contributed by atoms with Gasteiger partial charge in [-0.2, -0.15) is 0 Å². The minimum Gasteiger partial charge on any atom is -0.469 e. The lowest BCUT2D eigenvalue weighted by Crippen LogP contribution is -2.38. The lowest BCUT2D eigenvalue weighted by molar-refractivity contribution is -0.140. The molecule has 0 aliphatic carbocycles. The number of nitrogens with two attached hydrogens (primary N) is 1. The van der Waals surface area contributed by atoms with E-state index in [1.807, 2.05) is 13.8 Å². The fourth-order valence-electron chi connectivity index (χ4n) is 1.62. The zero-order chi connectivity index (χ0) is 15.8. The summed E-state index contributed by atoms with van der Waals surface area (Å²) in [7, 11) is -2.12. The lowest BCUT2D eigenvalue weighted by atomic mass is 10.2. The molecule has 0 heterocycles. The van der Waals surface area contributed by atoms with Crippen LogP contribution in [0.4, 0.5) is 0 Å². The molecule has 0 aromatic heterocycles. The highest BCUT2D eigenvalue weighted by atomic mass is 32.2. The first-order valence-electron chi connectivity index (χ1n) is 6.52. The van der Waals surface area contributed by atoms with Crippen LogP contribution in [-0.2, 0) is 19.6 Å². The Labute approximate surface area is 126 Å². The van der Waals surface area contributed by atoms with Crippen molar-refractivity contribution < 1.29 is 17.9 Å². The fraction of sp³-hybridized carbons (Fsp3) is 0.833. The predicted octanol–water partition coefficient (Wildman–Crippen LogP) is 0.904. The van der Waals surface area contributed by atoms with Gasteiger partial charge in [0.1, 0.15) is 0 Å². The second kappa shape index (κ2) is 9.25. The minimum atomic E-state index is -3.41. The van der Waals surface area contributed by atoms with Crippen molar-refractivity contribution in [2.75, 3.05) is 26.0 Å². The average Bonchev–Trinajstić information content (AvgIpc) is 2.33. The molecule has 0 aromatic carbocycles. The Hall–Kier alpha value is -0.730. The smallest absolute Gasteiger partial charge is 0.305 e. The molecule has 0 saturated heterocycles. The number of esters is 1. The first-order chi connectivity index (χ1) is 9.19. The van der Waals surface area contributed by atoms with Crippen molar-refractivity contribution in [1.29, 1.82) is 0 Å². The molecule has 0 radical (unpaired) electrons. The normalized spacial score (nSPS) is 11.8. The van der Waals surface area contributed by atoms with Crippen molar-refractivity contribution in [1.82, 2.24) is 4.31 Å². The Morgan fingerprint density at radius 2 is 1.95 bits per heavy atom. The number of nitrogens with zero attached hydrogens (tertiary/aromatic N) is 1. The number of methoxy groups -OCH3 is 1. The molecular weight excluding hydrogens is 300 g/mol. The molecule has 0 amide bonds. The van der Waals surface area contributed by atoms with E-state index in [2.05, 4.69) is 4.74 Å². The van der Waals surface area contributed by atoms with Crippen LogP contribution in [0.25, 0.3) is 0 Å². The first kappa shape index (κ1) is 19.3. The Bertz CT molecular complexity index is 421. The number of rotatable bonds is 10. The van der Waals surface area contributed by atoms with Crippen molar-refractivity contribution >= 4 is 33.2 Å². The summed E-state index contributed by atoms with van der Waals surface area (Å²) in [4.78, 5) is 11.3. The highest BCUT2D eigenvalue weighted by Gasteiger charge is 2.22. The largest absolute Gasteiger partial charge is 0.469 e. The van der Waals surface area contributed by atoms with Crippen LogP contribution in [0.3, 0.4) is 0 Å². The SMILES string of the molecule is COC(=O)CCCS(=O)(=O)N(CCC(N)=S)CC(C)C. The molecular formula is C12H24N2O4S2. The molecule has 0 aliphatic rings. The van der Waals surface area contributed by atoms with Gasteiger partial charge in [0.05, 0.1) is 17.9 Å². The highest BCUT2D eigenvalue weighted by Crippen LogP contribution is 2.10. The van der Waals surface area contributed by atoms with E-state index < -0.39 is 16.0 Å². The van der Waals surface area contributed by atoms with Crippen LogP contribution in [-0.4, -0.2) is 49.6 Å². The average molecular weight is 324 g/mol. The van der Waals surface area contributed by atoms with Crippen molar-refractivity contribution in [3.05, 3.63) is 0 Å². The molecule has 0 fully saturated rings. The molecule has 0 rings (SSSR count). The summed E-state index contributed by atoms with van der Waals surface area (Å²) >= 11 is 4.78. The maximum Gasteiger partial charge on any atom is 0.305 e. The third kappa shape index (κ3) is 8.44. The van der Waals surface area contributed by atoms with Gasteiger partial charge in [-0.1, -0.05) is 26.1 Å². The number of sulfonamides is 1. The number of thiocarbonyl (C=S) groups is 1. The van der Waals surface area contributed by atoms with E-state index in [1.54, 1.807) is 0 Å². The molecule has 0 spiro atoms. The lowest BCUT2D eigenvalue weighted by Gasteiger charge is -2.23. The molecule has 118 valence electrons. The molecule has 0 atom stereocenters. The Morgan fingerprint density at radius 3 is 2.40 bits per heavy atom. The molecule has 6 nitrogen and oxygen atoms in total. The van der Waals surface area contributed by atoms with Crippen LogP contribution in [0.2, 0.25) is 0 Å². The van der Waals surface area contributed by atoms with Crippen LogP contribution >= 0.6 is 12.2 Å². The summed E-state index contributed by atoms with van der Waals surface area (Å²) in [5, 5.41) is 0. The summed E-state index contributed by atoms with van der Waals surface area (Å²) < 4.78 is 30.4. The van der Waals surface area contributed by atoms with Gasteiger partial charge in [0.15, 0.2) is 0 Å². The highest BCUT2D eigenvalue weighted by molar-refractivity contribution is 7.89. The van der Waals surface area contributed by atoms with Gasteiger partial charge in [-0.15, -0.1) is 0 Å². The fourth-order valence-corrected chi connectivity index (χ4v) is 3.37. The van der Waals surface area contributed by atoms with Gasteiger partial charge in [0, 0.05) is 25.9 Å². The second-order valence-corrected chi connectivity index (χ2v) is 7.58. The number of ether oxygens (including phenoxy) is 1. The van der Waals surface area contributed by atoms with E-state index >= 15 is 0 Å². The van der Waals surface area contributed by atoms with E-state index in [-0.39, 0.29) is 31.1 Å². The molecule has 0 bridgehead atoms. The molecule has 20 heavy (non-hydrogen) atoms. The van der Waals surface area contributed by atoms with Crippen LogP contribution in [0.5, 0.6) is 0 Å². The van der Waals surface area contributed by atoms with Gasteiger partial charge in [0.25, 0.3) is 0 Å². The van der Waals surface area contributed by atoms with Gasteiger partial charge in [-0.3, -0.25) is 4.79 Å². The van der Waals surface area contributed by atoms with Gasteiger partial charge in [0.2, 0.25) is 10.0 Å². The Morgan fingerprint density at radius 1 is 1.35 bits per heavy atom. The monoisotopic (exact) mass is 324 g/mol. The predicted molar refractivity (Wildman–Crippen MR) is 82.9 cm³/mol. The number of carbonyl (C=O) groups excluding carboxylic acids is 1. The molecule has 8 heteroatoms. The standard InChI is InChI=1S/C12H24N2O4S2/c1-10(2)9-14(7-6-11(13)19)20(16,17)8-4-5-12(15)18-3/h10H,4-9H2,1-3H3,(H2,13,19). The van der Waals surface area contributed by atoms with Crippen molar-refractivity contribution in [2.45, 2.75) is 33.1 Å². The zero-order valence-corrected chi connectivity index (χ0v) is 13.9. The van der Waals surface area contributed by atoms with Gasteiger partial charge >= 0.3 is 5.97 Å². The topological polar surface area (TPSA) is 89.7 Å². The minimum absolute atomic E-state index is 0.0772. The van der Waals surface area contributed by atoms with Crippen molar-refractivity contribution in [2.24, 2.45) is 11.7 Å². The van der Waals surface area contributed by atoms with E-state index in [9.17, 15) is 13.2 Å². The van der Waals surface area contributed by atoms with Crippen LogP contribution in [0.1, 0.15) is 33.1 Å². The van der Waals surface area contributed by atoms with Crippen LogP contribution in [0, 0.1) is 5.92 Å². The van der Waals surface area contributed by atoms with Gasteiger partial charge in [-0.05, 0) is 12.3 Å².